The van der Waals surface area contributed by atoms with E-state index in [2.05, 4.69) is 15.2 Å². The molecule has 0 unspecified atom stereocenters. The zero-order chi connectivity index (χ0) is 13.2. The van der Waals surface area contributed by atoms with Crippen molar-refractivity contribution in [2.24, 2.45) is 0 Å². The number of rotatable bonds is 2. The Labute approximate surface area is 108 Å². The maximum absolute atomic E-state index is 13.6. The fourth-order valence-corrected chi connectivity index (χ4v) is 1.89. The van der Waals surface area contributed by atoms with Crippen LogP contribution in [0, 0.1) is 17.1 Å². The van der Waals surface area contributed by atoms with E-state index in [1.54, 1.807) is 28.8 Å². The van der Waals surface area contributed by atoms with E-state index in [0.29, 0.717) is 16.9 Å². The average Bonchev–Trinajstić information content (AvgIpc) is 2.89. The van der Waals surface area contributed by atoms with Crippen molar-refractivity contribution in [3.63, 3.8) is 0 Å². The Balaban J connectivity index is 2.12. The molecule has 0 bridgehead atoms. The molecule has 3 rings (SSSR count). The molecule has 0 aliphatic rings. The molecule has 0 amide bonds. The third-order valence-corrected chi connectivity index (χ3v) is 2.78. The number of nitrogens with zero attached hydrogens (tertiary/aromatic N) is 5. The second kappa shape index (κ2) is 4.46. The van der Waals surface area contributed by atoms with Crippen LogP contribution in [0.25, 0.3) is 5.65 Å². The minimum atomic E-state index is -0.302. The van der Waals surface area contributed by atoms with Gasteiger partial charge in [-0.1, -0.05) is 18.2 Å². The lowest BCUT2D eigenvalue weighted by Gasteiger charge is -2.04. The molecule has 5 nitrogen and oxygen atoms in total. The Morgan fingerprint density at radius 1 is 1.32 bits per heavy atom. The first-order valence-corrected chi connectivity index (χ1v) is 5.60. The Bertz CT molecular complexity index is 787. The van der Waals surface area contributed by atoms with E-state index < -0.39 is 0 Å². The molecular weight excluding hydrogens is 245 g/mol. The fraction of sp³-hybridized carbons (Fsp3) is 0.0769. The van der Waals surface area contributed by atoms with E-state index in [0.717, 1.165) is 0 Å². The largest absolute Gasteiger partial charge is 0.285 e. The van der Waals surface area contributed by atoms with Crippen molar-refractivity contribution in [3.8, 4) is 6.07 Å². The lowest BCUT2D eigenvalue weighted by atomic mass is 10.1. The van der Waals surface area contributed by atoms with Crippen LogP contribution in [0.1, 0.15) is 17.0 Å². The van der Waals surface area contributed by atoms with Crippen LogP contribution in [0.5, 0.6) is 0 Å². The highest BCUT2D eigenvalue weighted by atomic mass is 19.1. The Kier molecular flexibility index (Phi) is 2.65. The first-order valence-electron chi connectivity index (χ1n) is 5.60. The molecule has 2 aromatic heterocycles. The number of aromatic nitrogens is 4. The zero-order valence-electron chi connectivity index (χ0n) is 9.79. The van der Waals surface area contributed by atoms with Crippen LogP contribution in [-0.2, 0) is 6.42 Å². The Hall–Kier alpha value is -2.81. The molecule has 1 aromatic carbocycles. The van der Waals surface area contributed by atoms with E-state index in [1.165, 1.54) is 12.4 Å². The number of halogens is 1. The summed E-state index contributed by atoms with van der Waals surface area (Å²) in [4.78, 5) is 4.18. The van der Waals surface area contributed by atoms with Gasteiger partial charge in [0.1, 0.15) is 18.2 Å². The lowest BCUT2D eigenvalue weighted by Crippen LogP contribution is -2.02. The summed E-state index contributed by atoms with van der Waals surface area (Å²) in [5, 5.41) is 16.6. The summed E-state index contributed by atoms with van der Waals surface area (Å²) in [7, 11) is 0. The van der Waals surface area contributed by atoms with Gasteiger partial charge in [0, 0.05) is 12.6 Å². The highest BCUT2D eigenvalue weighted by Gasteiger charge is 2.11. The summed E-state index contributed by atoms with van der Waals surface area (Å²) >= 11 is 0. The van der Waals surface area contributed by atoms with Crippen molar-refractivity contribution in [3.05, 3.63) is 59.6 Å². The van der Waals surface area contributed by atoms with Crippen molar-refractivity contribution in [2.45, 2.75) is 6.42 Å². The van der Waals surface area contributed by atoms with Gasteiger partial charge in [0.2, 0.25) is 0 Å². The van der Waals surface area contributed by atoms with Crippen LogP contribution in [-0.4, -0.2) is 19.6 Å². The monoisotopic (exact) mass is 253 g/mol. The van der Waals surface area contributed by atoms with Crippen molar-refractivity contribution < 1.29 is 4.39 Å². The lowest BCUT2D eigenvalue weighted by molar-refractivity contribution is 0.613. The predicted molar refractivity (Wildman–Crippen MR) is 64.7 cm³/mol. The summed E-state index contributed by atoms with van der Waals surface area (Å²) < 4.78 is 15.3. The molecule has 6 heteroatoms. The average molecular weight is 253 g/mol. The number of benzene rings is 1. The number of hydrogen-bond donors (Lipinski definition) is 0. The second-order valence-corrected chi connectivity index (χ2v) is 4.01. The van der Waals surface area contributed by atoms with E-state index >= 15 is 0 Å². The summed E-state index contributed by atoms with van der Waals surface area (Å²) in [6, 6.07) is 8.43. The van der Waals surface area contributed by atoms with Gasteiger partial charge in [-0.3, -0.25) is 4.40 Å². The van der Waals surface area contributed by atoms with Gasteiger partial charge in [-0.05, 0) is 11.6 Å². The van der Waals surface area contributed by atoms with Crippen molar-refractivity contribution in [1.29, 1.82) is 5.26 Å². The summed E-state index contributed by atoms with van der Waals surface area (Å²) in [6.07, 6.45) is 3.30. The maximum Gasteiger partial charge on any atom is 0.182 e. The normalized spacial score (nSPS) is 10.5. The van der Waals surface area contributed by atoms with Gasteiger partial charge in [0.25, 0.3) is 0 Å². The molecule has 0 aliphatic heterocycles. The Morgan fingerprint density at radius 2 is 2.16 bits per heavy atom. The van der Waals surface area contributed by atoms with Gasteiger partial charge in [0.05, 0.1) is 5.69 Å². The molecule has 0 saturated carbocycles. The Morgan fingerprint density at radius 3 is 2.95 bits per heavy atom. The smallest absolute Gasteiger partial charge is 0.182 e. The van der Waals surface area contributed by atoms with Crippen LogP contribution < -0.4 is 0 Å². The second-order valence-electron chi connectivity index (χ2n) is 4.01. The van der Waals surface area contributed by atoms with E-state index in [9.17, 15) is 4.39 Å². The minimum absolute atomic E-state index is 0.249. The molecule has 0 aliphatic carbocycles. The fourth-order valence-electron chi connectivity index (χ4n) is 1.89. The van der Waals surface area contributed by atoms with Crippen LogP contribution in [0.4, 0.5) is 4.39 Å². The highest BCUT2D eigenvalue weighted by molar-refractivity contribution is 5.46. The van der Waals surface area contributed by atoms with Gasteiger partial charge in [-0.2, -0.15) is 5.26 Å². The van der Waals surface area contributed by atoms with Crippen molar-refractivity contribution >= 4 is 5.65 Å². The molecule has 0 N–H and O–H groups in total. The molecule has 0 spiro atoms. The molecule has 0 fully saturated rings. The standard InChI is InChI=1S/C13H8FN5/c14-11-4-2-1-3-9(11)5-12-13-18-16-8-19(13)7-10(6-15)17-12/h1-4,7-8H,5H2. The quantitative estimate of drug-likeness (QED) is 0.697. The summed E-state index contributed by atoms with van der Waals surface area (Å²) in [5.74, 6) is -0.302. The van der Waals surface area contributed by atoms with Gasteiger partial charge >= 0.3 is 0 Å². The molecule has 0 radical (unpaired) electrons. The van der Waals surface area contributed by atoms with Crippen LogP contribution in [0.3, 0.4) is 0 Å². The minimum Gasteiger partial charge on any atom is -0.285 e. The van der Waals surface area contributed by atoms with Gasteiger partial charge in [0.15, 0.2) is 11.3 Å². The molecule has 0 saturated heterocycles. The predicted octanol–water partition coefficient (Wildman–Crippen LogP) is 1.73. The SMILES string of the molecule is N#Cc1cn2cnnc2c(Cc2ccccc2F)n1. The summed E-state index contributed by atoms with van der Waals surface area (Å²) in [5.41, 5.74) is 1.82. The number of hydrogen-bond acceptors (Lipinski definition) is 4. The number of nitriles is 1. The third kappa shape index (κ3) is 2.02. The van der Waals surface area contributed by atoms with E-state index in [4.69, 9.17) is 5.26 Å². The summed E-state index contributed by atoms with van der Waals surface area (Å²) in [6.45, 7) is 0. The zero-order valence-corrected chi connectivity index (χ0v) is 9.79. The first-order chi connectivity index (χ1) is 9.28. The number of fused-ring (bicyclic) bond motifs is 1. The van der Waals surface area contributed by atoms with Gasteiger partial charge in [-0.25, -0.2) is 9.37 Å². The van der Waals surface area contributed by atoms with Crippen LogP contribution >= 0.6 is 0 Å². The van der Waals surface area contributed by atoms with Gasteiger partial charge in [-0.15, -0.1) is 10.2 Å². The van der Waals surface area contributed by atoms with E-state index in [-0.39, 0.29) is 17.9 Å². The van der Waals surface area contributed by atoms with E-state index in [1.807, 2.05) is 6.07 Å². The molecule has 92 valence electrons. The maximum atomic E-state index is 13.6. The molecular formula is C13H8FN5. The molecule has 19 heavy (non-hydrogen) atoms. The molecule has 3 aromatic rings. The van der Waals surface area contributed by atoms with Crippen molar-refractivity contribution in [2.75, 3.05) is 0 Å². The first kappa shape index (κ1) is 11.3. The third-order valence-electron chi connectivity index (χ3n) is 2.78. The molecule has 2 heterocycles. The highest BCUT2D eigenvalue weighted by Crippen LogP contribution is 2.15. The topological polar surface area (TPSA) is 66.9 Å². The van der Waals surface area contributed by atoms with Crippen molar-refractivity contribution in [1.82, 2.24) is 19.6 Å². The van der Waals surface area contributed by atoms with Gasteiger partial charge < -0.3 is 0 Å². The molecule has 0 atom stereocenters. The van der Waals surface area contributed by atoms with Crippen LogP contribution in [0.15, 0.2) is 36.8 Å². The van der Waals surface area contributed by atoms with Crippen LogP contribution in [0.2, 0.25) is 0 Å².